The van der Waals surface area contributed by atoms with Crippen molar-refractivity contribution in [3.8, 4) is 0 Å². The largest absolute Gasteiger partial charge is 0.392 e. The lowest BCUT2D eigenvalue weighted by molar-refractivity contribution is 0.258. The Morgan fingerprint density at radius 1 is 0.361 bits per heavy atom. The van der Waals surface area contributed by atoms with E-state index < -0.39 is 0 Å². The molecule has 0 unspecified atom stereocenters. The number of fused-ring (bicyclic) bond motifs is 2. The Balaban J connectivity index is 2.64. The van der Waals surface area contributed by atoms with Crippen molar-refractivity contribution in [1.82, 2.24) is 0 Å². The van der Waals surface area contributed by atoms with Crippen molar-refractivity contribution in [2.45, 2.75) is 132 Å². The maximum Gasteiger partial charge on any atom is 0.0688 e. The van der Waals surface area contributed by atoms with Crippen LogP contribution in [0.2, 0.25) is 0 Å². The molecule has 0 aliphatic rings. The van der Waals surface area contributed by atoms with Crippen LogP contribution in [0, 0.1) is 0 Å². The lowest BCUT2D eigenvalue weighted by Crippen LogP contribution is -2.10. The number of aliphatic hydroxyl groups excluding tert-OH is 2. The first kappa shape index (κ1) is 28.7. The third-order valence-corrected chi connectivity index (χ3v) is 7.96. The fourth-order valence-electron chi connectivity index (χ4n) is 6.60. The Morgan fingerprint density at radius 2 is 0.583 bits per heavy atom. The molecule has 0 amide bonds. The predicted octanol–water partition coefficient (Wildman–Crippen LogP) is 8.69. The Hall–Kier alpha value is -1.90. The van der Waals surface area contributed by atoms with Crippen LogP contribution in [0.4, 0.5) is 0 Å². The van der Waals surface area contributed by atoms with E-state index in [1.807, 2.05) is 0 Å². The van der Waals surface area contributed by atoms with Gasteiger partial charge in [-0.3, -0.25) is 0 Å². The molecule has 0 aliphatic heterocycles. The first-order chi connectivity index (χ1) is 17.6. The number of aliphatic hydroxyl groups is 2. The van der Waals surface area contributed by atoms with Crippen LogP contribution in [0.3, 0.4) is 0 Å². The molecular weight excluding hydrogens is 440 g/mol. The van der Waals surface area contributed by atoms with E-state index in [0.717, 1.165) is 75.3 Å². The van der Waals surface area contributed by atoms with Gasteiger partial charge in [0.2, 0.25) is 0 Å². The molecule has 0 spiro atoms. The van der Waals surface area contributed by atoms with Crippen LogP contribution >= 0.6 is 0 Å². The molecule has 2 nitrogen and oxygen atoms in total. The van der Waals surface area contributed by atoms with E-state index in [1.165, 1.54) is 45.5 Å². The summed E-state index contributed by atoms with van der Waals surface area (Å²) in [6.07, 6.45) is 13.1. The molecule has 2 heteroatoms. The molecule has 0 saturated heterocycles. The topological polar surface area (TPSA) is 40.5 Å². The van der Waals surface area contributed by atoms with Crippen LogP contribution < -0.4 is 0 Å². The number of rotatable bonds is 14. The molecule has 0 heterocycles. The van der Waals surface area contributed by atoms with Crippen LogP contribution in [-0.4, -0.2) is 10.2 Å². The smallest absolute Gasteiger partial charge is 0.0688 e. The molecule has 3 aromatic carbocycles. The summed E-state index contributed by atoms with van der Waals surface area (Å²) < 4.78 is 0. The van der Waals surface area contributed by atoms with Crippen molar-refractivity contribution >= 4 is 21.5 Å². The fraction of sp³-hybridized carbons (Fsp3) is 0.588. The minimum Gasteiger partial charge on any atom is -0.392 e. The van der Waals surface area contributed by atoms with E-state index >= 15 is 0 Å². The zero-order valence-corrected chi connectivity index (χ0v) is 23.9. The molecule has 0 aromatic heterocycles. The van der Waals surface area contributed by atoms with Gasteiger partial charge in [0.15, 0.2) is 0 Å². The van der Waals surface area contributed by atoms with E-state index in [2.05, 4.69) is 53.7 Å². The second-order valence-electron chi connectivity index (χ2n) is 10.6. The Bertz CT molecular complexity index is 1080. The average Bonchev–Trinajstić information content (AvgIpc) is 2.88. The van der Waals surface area contributed by atoms with Gasteiger partial charge in [0.25, 0.3) is 0 Å². The Labute approximate surface area is 220 Å². The van der Waals surface area contributed by atoms with Gasteiger partial charge < -0.3 is 10.2 Å². The zero-order valence-electron chi connectivity index (χ0n) is 23.9. The highest BCUT2D eigenvalue weighted by atomic mass is 16.3. The van der Waals surface area contributed by atoms with Gasteiger partial charge in [-0.1, -0.05) is 80.1 Å². The second-order valence-corrected chi connectivity index (χ2v) is 10.6. The maximum atomic E-state index is 10.5. The van der Waals surface area contributed by atoms with Crippen LogP contribution in [0.5, 0.6) is 0 Å². The predicted molar refractivity (Wildman–Crippen MR) is 157 cm³/mol. The summed E-state index contributed by atoms with van der Waals surface area (Å²) in [5.41, 5.74) is 10.8. The summed E-state index contributed by atoms with van der Waals surface area (Å²) in [4.78, 5) is 0. The van der Waals surface area contributed by atoms with Gasteiger partial charge in [-0.15, -0.1) is 0 Å². The monoisotopic (exact) mass is 490 g/mol. The Morgan fingerprint density at radius 3 is 0.806 bits per heavy atom. The first-order valence-electron chi connectivity index (χ1n) is 14.9. The van der Waals surface area contributed by atoms with E-state index in [-0.39, 0.29) is 13.2 Å². The molecule has 3 rings (SSSR count). The number of benzene rings is 3. The van der Waals surface area contributed by atoms with Gasteiger partial charge in [0.05, 0.1) is 13.2 Å². The van der Waals surface area contributed by atoms with E-state index in [4.69, 9.17) is 0 Å². The highest BCUT2D eigenvalue weighted by Crippen LogP contribution is 2.41. The summed E-state index contributed by atoms with van der Waals surface area (Å²) >= 11 is 0. The van der Waals surface area contributed by atoms with Gasteiger partial charge in [0.1, 0.15) is 0 Å². The standard InChI is InChI=1S/C34H50O2/c1-7-13-23-24(14-8-2)26(16-10-4)30-20-32-28(18-12-6)34(22-36)33(21-35)27(17-11-5)31(32)19-29(30)25(23)15-9-3/h19-20,35-36H,7-18,21-22H2,1-6H3. The highest BCUT2D eigenvalue weighted by molar-refractivity contribution is 6.05. The summed E-state index contributed by atoms with van der Waals surface area (Å²) in [6, 6.07) is 4.99. The van der Waals surface area contributed by atoms with Gasteiger partial charge in [0, 0.05) is 0 Å². The fourth-order valence-corrected chi connectivity index (χ4v) is 6.60. The molecule has 0 fully saturated rings. The van der Waals surface area contributed by atoms with E-state index in [0.29, 0.717) is 0 Å². The number of hydrogen-bond acceptors (Lipinski definition) is 2. The van der Waals surface area contributed by atoms with Crippen LogP contribution in [0.15, 0.2) is 12.1 Å². The summed E-state index contributed by atoms with van der Waals surface area (Å²) in [5, 5.41) is 26.4. The van der Waals surface area contributed by atoms with Gasteiger partial charge in [-0.25, -0.2) is 0 Å². The quantitative estimate of drug-likeness (QED) is 0.222. The molecule has 2 N–H and O–H groups in total. The minimum absolute atomic E-state index is 0.00462. The molecular formula is C34H50O2. The second kappa shape index (κ2) is 13.6. The zero-order chi connectivity index (χ0) is 26.2. The number of aryl methyl sites for hydroxylation is 4. The summed E-state index contributed by atoms with van der Waals surface area (Å²) in [7, 11) is 0. The third-order valence-electron chi connectivity index (χ3n) is 7.96. The molecule has 0 radical (unpaired) electrons. The Kier molecular flexibility index (Phi) is 10.8. The number of hydrogen-bond donors (Lipinski definition) is 2. The van der Waals surface area contributed by atoms with E-state index in [9.17, 15) is 10.2 Å². The van der Waals surface area contributed by atoms with Gasteiger partial charge in [-0.2, -0.15) is 0 Å². The SMILES string of the molecule is CCCc1c(CCC)c(CCC)c2cc3c(CCC)c(CO)c(CO)c(CCC)c3cc2c1CCC. The molecule has 0 atom stereocenters. The average molecular weight is 491 g/mol. The molecule has 0 saturated carbocycles. The van der Waals surface area contributed by atoms with Gasteiger partial charge >= 0.3 is 0 Å². The summed E-state index contributed by atoms with van der Waals surface area (Å²) in [6.45, 7) is 13.7. The normalized spacial score (nSPS) is 11.8. The highest BCUT2D eigenvalue weighted by Gasteiger charge is 2.22. The molecule has 0 aliphatic carbocycles. The van der Waals surface area contributed by atoms with Crippen LogP contribution in [-0.2, 0) is 51.7 Å². The van der Waals surface area contributed by atoms with Crippen molar-refractivity contribution < 1.29 is 10.2 Å². The molecule has 0 bridgehead atoms. The lowest BCUT2D eigenvalue weighted by Gasteiger charge is -2.25. The third kappa shape index (κ3) is 5.36. The van der Waals surface area contributed by atoms with Crippen LogP contribution in [0.25, 0.3) is 21.5 Å². The first-order valence-corrected chi connectivity index (χ1v) is 14.9. The molecule has 36 heavy (non-hydrogen) atoms. The van der Waals surface area contributed by atoms with Gasteiger partial charge in [-0.05, 0) is 117 Å². The molecule has 198 valence electrons. The lowest BCUT2D eigenvalue weighted by atomic mass is 9.79. The van der Waals surface area contributed by atoms with Crippen molar-refractivity contribution in [2.75, 3.05) is 0 Å². The van der Waals surface area contributed by atoms with Crippen molar-refractivity contribution in [1.29, 1.82) is 0 Å². The molecule has 3 aromatic rings. The minimum atomic E-state index is -0.00462. The van der Waals surface area contributed by atoms with E-state index in [1.54, 1.807) is 22.3 Å². The van der Waals surface area contributed by atoms with Crippen molar-refractivity contribution in [3.05, 3.63) is 56.6 Å². The summed E-state index contributed by atoms with van der Waals surface area (Å²) in [5.74, 6) is 0. The van der Waals surface area contributed by atoms with Crippen molar-refractivity contribution in [3.63, 3.8) is 0 Å². The van der Waals surface area contributed by atoms with Crippen molar-refractivity contribution in [2.24, 2.45) is 0 Å². The van der Waals surface area contributed by atoms with Crippen LogP contribution in [0.1, 0.15) is 125 Å². The maximum absolute atomic E-state index is 10.5.